The highest BCUT2D eigenvalue weighted by Crippen LogP contribution is 2.28. The molecular formula is C30H34N4O. The number of benzene rings is 3. The first-order chi connectivity index (χ1) is 16.9. The number of H-pyrrole nitrogens is 1. The molecule has 35 heavy (non-hydrogen) atoms. The molecule has 0 saturated carbocycles. The van der Waals surface area contributed by atoms with E-state index in [0.29, 0.717) is 11.6 Å². The molecule has 0 atom stereocenters. The SMILES string of the molecule is CC(C)N1CCN(c2ccc(-c3ccc4[nH]c(=O)c(-c5ccc(N(C)C)cc5)cc4c3)cc2)CC1. The van der Waals surface area contributed by atoms with E-state index in [9.17, 15) is 4.79 Å². The number of piperazine rings is 1. The highest BCUT2D eigenvalue weighted by molar-refractivity contribution is 5.88. The first-order valence-corrected chi connectivity index (χ1v) is 12.4. The van der Waals surface area contributed by atoms with Crippen LogP contribution in [0.1, 0.15) is 13.8 Å². The number of anilines is 2. The topological polar surface area (TPSA) is 42.6 Å². The summed E-state index contributed by atoms with van der Waals surface area (Å²) in [5.41, 5.74) is 7.12. The summed E-state index contributed by atoms with van der Waals surface area (Å²) in [6.45, 7) is 8.91. The van der Waals surface area contributed by atoms with Gasteiger partial charge in [-0.1, -0.05) is 30.3 Å². The summed E-state index contributed by atoms with van der Waals surface area (Å²) >= 11 is 0. The van der Waals surface area contributed by atoms with Crippen molar-refractivity contribution in [1.82, 2.24) is 9.88 Å². The highest BCUT2D eigenvalue weighted by atomic mass is 16.1. The van der Waals surface area contributed by atoms with Crippen LogP contribution in [0.15, 0.2) is 77.6 Å². The van der Waals surface area contributed by atoms with Gasteiger partial charge in [0.2, 0.25) is 0 Å². The fourth-order valence-corrected chi connectivity index (χ4v) is 4.90. The van der Waals surface area contributed by atoms with Crippen LogP contribution >= 0.6 is 0 Å². The molecule has 2 heterocycles. The molecule has 3 aromatic carbocycles. The van der Waals surface area contributed by atoms with E-state index in [0.717, 1.165) is 53.9 Å². The van der Waals surface area contributed by atoms with Crippen LogP contribution in [0.3, 0.4) is 0 Å². The van der Waals surface area contributed by atoms with Gasteiger partial charge in [-0.15, -0.1) is 0 Å². The van der Waals surface area contributed by atoms with Gasteiger partial charge in [0, 0.05) is 68.8 Å². The lowest BCUT2D eigenvalue weighted by Gasteiger charge is -2.38. The Bertz CT molecular complexity index is 1360. The van der Waals surface area contributed by atoms with Crippen molar-refractivity contribution in [1.29, 1.82) is 0 Å². The van der Waals surface area contributed by atoms with E-state index < -0.39 is 0 Å². The molecule has 0 aliphatic carbocycles. The Labute approximate surface area is 207 Å². The quantitative estimate of drug-likeness (QED) is 0.424. The number of aromatic amines is 1. The molecule has 1 aromatic heterocycles. The van der Waals surface area contributed by atoms with Crippen molar-refractivity contribution in [3.8, 4) is 22.3 Å². The van der Waals surface area contributed by atoms with Crippen LogP contribution in [0.5, 0.6) is 0 Å². The average Bonchev–Trinajstić information content (AvgIpc) is 2.88. The molecule has 180 valence electrons. The molecule has 0 spiro atoms. The van der Waals surface area contributed by atoms with Crippen molar-refractivity contribution < 1.29 is 0 Å². The van der Waals surface area contributed by atoms with Crippen LogP contribution in [0.4, 0.5) is 11.4 Å². The summed E-state index contributed by atoms with van der Waals surface area (Å²) < 4.78 is 0. The lowest BCUT2D eigenvalue weighted by molar-refractivity contribution is 0.209. The van der Waals surface area contributed by atoms with Crippen molar-refractivity contribution in [3.05, 3.63) is 83.2 Å². The van der Waals surface area contributed by atoms with Crippen molar-refractivity contribution >= 4 is 22.3 Å². The number of aromatic nitrogens is 1. The zero-order valence-corrected chi connectivity index (χ0v) is 21.1. The van der Waals surface area contributed by atoms with E-state index in [4.69, 9.17) is 0 Å². The van der Waals surface area contributed by atoms with Gasteiger partial charge >= 0.3 is 0 Å². The first kappa shape index (κ1) is 23.2. The maximum Gasteiger partial charge on any atom is 0.256 e. The molecule has 1 N–H and O–H groups in total. The molecule has 5 nitrogen and oxygen atoms in total. The van der Waals surface area contributed by atoms with Gasteiger partial charge in [0.25, 0.3) is 5.56 Å². The summed E-state index contributed by atoms with van der Waals surface area (Å²) in [4.78, 5) is 22.9. The number of nitrogens with zero attached hydrogens (tertiary/aromatic N) is 3. The highest BCUT2D eigenvalue weighted by Gasteiger charge is 2.19. The van der Waals surface area contributed by atoms with Gasteiger partial charge in [0.1, 0.15) is 0 Å². The molecule has 1 fully saturated rings. The summed E-state index contributed by atoms with van der Waals surface area (Å²) in [6.07, 6.45) is 0. The summed E-state index contributed by atoms with van der Waals surface area (Å²) in [5.74, 6) is 0. The molecule has 1 saturated heterocycles. The molecule has 4 aromatic rings. The molecule has 5 heteroatoms. The monoisotopic (exact) mass is 466 g/mol. The molecule has 0 bridgehead atoms. The maximum atomic E-state index is 12.8. The Morgan fingerprint density at radius 1 is 0.771 bits per heavy atom. The van der Waals surface area contributed by atoms with Gasteiger partial charge in [-0.05, 0) is 78.4 Å². The van der Waals surface area contributed by atoms with Gasteiger partial charge in [-0.2, -0.15) is 0 Å². The third-order valence-corrected chi connectivity index (χ3v) is 7.15. The van der Waals surface area contributed by atoms with Gasteiger partial charge in [0.05, 0.1) is 0 Å². The van der Waals surface area contributed by atoms with E-state index in [1.54, 1.807) is 0 Å². The van der Waals surface area contributed by atoms with Crippen molar-refractivity contribution in [2.75, 3.05) is 50.1 Å². The Morgan fingerprint density at radius 2 is 1.40 bits per heavy atom. The lowest BCUT2D eigenvalue weighted by Crippen LogP contribution is -2.48. The molecule has 1 aliphatic rings. The Kier molecular flexibility index (Phi) is 6.35. The van der Waals surface area contributed by atoms with Gasteiger partial charge in [-0.3, -0.25) is 9.69 Å². The fraction of sp³-hybridized carbons (Fsp3) is 0.300. The summed E-state index contributed by atoms with van der Waals surface area (Å²) in [5, 5.41) is 1.03. The molecule has 0 amide bonds. The van der Waals surface area contributed by atoms with Crippen molar-refractivity contribution in [3.63, 3.8) is 0 Å². The number of nitrogens with one attached hydrogen (secondary N) is 1. The second-order valence-electron chi connectivity index (χ2n) is 9.92. The third-order valence-electron chi connectivity index (χ3n) is 7.15. The van der Waals surface area contributed by atoms with Crippen LogP contribution < -0.4 is 15.4 Å². The predicted molar refractivity (Wildman–Crippen MR) is 149 cm³/mol. The summed E-state index contributed by atoms with van der Waals surface area (Å²) in [7, 11) is 4.03. The predicted octanol–water partition coefficient (Wildman–Crippen LogP) is 5.46. The minimum atomic E-state index is -0.0650. The second-order valence-corrected chi connectivity index (χ2v) is 9.92. The third kappa shape index (κ3) is 4.82. The van der Waals surface area contributed by atoms with E-state index in [-0.39, 0.29) is 5.56 Å². The van der Waals surface area contributed by atoms with E-state index >= 15 is 0 Å². The van der Waals surface area contributed by atoms with Crippen LogP contribution in [0, 0.1) is 0 Å². The van der Waals surface area contributed by atoms with Crippen molar-refractivity contribution in [2.45, 2.75) is 19.9 Å². The molecule has 5 rings (SSSR count). The molecule has 0 radical (unpaired) electrons. The van der Waals surface area contributed by atoms with Gasteiger partial charge < -0.3 is 14.8 Å². The molecular weight excluding hydrogens is 432 g/mol. The van der Waals surface area contributed by atoms with Crippen LogP contribution in [0.2, 0.25) is 0 Å². The Morgan fingerprint density at radius 3 is 2.03 bits per heavy atom. The second kappa shape index (κ2) is 9.59. The fourth-order valence-electron chi connectivity index (χ4n) is 4.90. The minimum absolute atomic E-state index is 0.0650. The van der Waals surface area contributed by atoms with Crippen molar-refractivity contribution in [2.24, 2.45) is 0 Å². The lowest BCUT2D eigenvalue weighted by atomic mass is 10.00. The first-order valence-electron chi connectivity index (χ1n) is 12.4. The average molecular weight is 467 g/mol. The number of pyridine rings is 1. The number of hydrogen-bond acceptors (Lipinski definition) is 4. The number of rotatable bonds is 5. The minimum Gasteiger partial charge on any atom is -0.378 e. The van der Waals surface area contributed by atoms with Crippen LogP contribution in [-0.2, 0) is 0 Å². The van der Waals surface area contributed by atoms with Crippen LogP contribution in [-0.4, -0.2) is 56.2 Å². The Hall–Kier alpha value is -3.57. The Balaban J connectivity index is 1.40. The molecule has 0 unspecified atom stereocenters. The van der Waals surface area contributed by atoms with E-state index in [2.05, 4.69) is 69.9 Å². The van der Waals surface area contributed by atoms with Gasteiger partial charge in [-0.25, -0.2) is 0 Å². The zero-order chi connectivity index (χ0) is 24.5. The van der Waals surface area contributed by atoms with E-state index in [1.807, 2.05) is 50.5 Å². The summed E-state index contributed by atoms with van der Waals surface area (Å²) in [6, 6.07) is 25.8. The van der Waals surface area contributed by atoms with Crippen LogP contribution in [0.25, 0.3) is 33.2 Å². The number of hydrogen-bond donors (Lipinski definition) is 1. The zero-order valence-electron chi connectivity index (χ0n) is 21.1. The molecule has 1 aliphatic heterocycles. The smallest absolute Gasteiger partial charge is 0.256 e. The number of fused-ring (bicyclic) bond motifs is 1. The van der Waals surface area contributed by atoms with Gasteiger partial charge in [0.15, 0.2) is 0 Å². The van der Waals surface area contributed by atoms with E-state index in [1.165, 1.54) is 11.3 Å². The normalized spacial score (nSPS) is 14.6. The maximum absolute atomic E-state index is 12.8. The standard InChI is InChI=1S/C30H34N4O/c1-21(2)33-15-17-34(18-16-33)27-12-5-22(6-13-27)24-9-14-29-25(19-24)20-28(30(35)31-29)23-7-10-26(11-8-23)32(3)4/h5-14,19-21H,15-18H2,1-4H3,(H,31,35). The largest absolute Gasteiger partial charge is 0.378 e.